The van der Waals surface area contributed by atoms with E-state index in [1.807, 2.05) is 30.3 Å². The zero-order valence-electron chi connectivity index (χ0n) is 13.6. The second-order valence-corrected chi connectivity index (χ2v) is 9.13. The minimum Gasteiger partial charge on any atom is -0.395 e. The summed E-state index contributed by atoms with van der Waals surface area (Å²) in [5.41, 5.74) is 0.419. The van der Waals surface area contributed by atoms with Gasteiger partial charge in [-0.3, -0.25) is 4.79 Å². The lowest BCUT2D eigenvalue weighted by molar-refractivity contribution is -0.168. The molecule has 0 radical (unpaired) electrons. The van der Waals surface area contributed by atoms with Crippen LogP contribution in [0.1, 0.15) is 24.3 Å². The van der Waals surface area contributed by atoms with Crippen LogP contribution in [0.25, 0.3) is 0 Å². The first-order valence-electron chi connectivity index (χ1n) is 8.32. The number of hydrogen-bond acceptors (Lipinski definition) is 4. The van der Waals surface area contributed by atoms with E-state index in [1.165, 1.54) is 10.6 Å². The summed E-state index contributed by atoms with van der Waals surface area (Å²) < 4.78 is 26.0. The summed E-state index contributed by atoms with van der Waals surface area (Å²) in [6.07, 6.45) is 3.07. The van der Waals surface area contributed by atoms with Crippen molar-refractivity contribution in [2.45, 2.75) is 30.3 Å². The van der Waals surface area contributed by atoms with Crippen molar-refractivity contribution < 1.29 is 18.3 Å². The van der Waals surface area contributed by atoms with Gasteiger partial charge in [-0.2, -0.15) is 4.31 Å². The molecule has 1 aliphatic carbocycles. The Labute approximate surface area is 142 Å². The van der Waals surface area contributed by atoms with Crippen LogP contribution in [0, 0.1) is 5.92 Å². The summed E-state index contributed by atoms with van der Waals surface area (Å²) in [6.45, 7) is 0.627. The highest BCUT2D eigenvalue weighted by Crippen LogP contribution is 2.55. The molecular weight excluding hydrogens is 328 g/mol. The highest BCUT2D eigenvalue weighted by molar-refractivity contribution is 7.88. The fourth-order valence-corrected chi connectivity index (χ4v) is 6.09. The van der Waals surface area contributed by atoms with Crippen molar-refractivity contribution in [3.8, 4) is 0 Å². The number of carbonyl (C=O) groups is 1. The van der Waals surface area contributed by atoms with Crippen LogP contribution < -0.4 is 0 Å². The maximum absolute atomic E-state index is 12.3. The fraction of sp³-hybridized carbons (Fsp3) is 0.588. The fourth-order valence-electron chi connectivity index (χ4n) is 4.52. The Morgan fingerprint density at radius 2 is 1.88 bits per heavy atom. The standard InChI is InChI=1S/C17H22N2O4S/c1-24(22,23)19-14(9-20)15(12-5-3-2-4-6-12)17(19)10-18(11-17)16(21)13-7-8-13/h2-6,13-15,20H,7-11H2,1H3/t14-,15+/m1/s1. The minimum absolute atomic E-state index is 0.0818. The molecule has 1 spiro atoms. The molecule has 7 heteroatoms. The van der Waals surface area contributed by atoms with Gasteiger partial charge in [-0.25, -0.2) is 8.42 Å². The number of carbonyl (C=O) groups excluding carboxylic acids is 1. The van der Waals surface area contributed by atoms with E-state index in [-0.39, 0.29) is 24.3 Å². The van der Waals surface area contributed by atoms with E-state index in [4.69, 9.17) is 0 Å². The molecular formula is C17H22N2O4S. The van der Waals surface area contributed by atoms with Gasteiger partial charge < -0.3 is 10.0 Å². The molecule has 4 rings (SSSR count). The summed E-state index contributed by atoms with van der Waals surface area (Å²) in [7, 11) is -3.46. The lowest BCUT2D eigenvalue weighted by atomic mass is 9.63. The van der Waals surface area contributed by atoms with Crippen molar-refractivity contribution in [3.05, 3.63) is 35.9 Å². The smallest absolute Gasteiger partial charge is 0.225 e. The molecule has 1 amide bonds. The maximum Gasteiger partial charge on any atom is 0.225 e. The van der Waals surface area contributed by atoms with Crippen LogP contribution >= 0.6 is 0 Å². The third-order valence-electron chi connectivity index (χ3n) is 5.57. The summed E-state index contributed by atoms with van der Waals surface area (Å²) in [6, 6.07) is 9.25. The van der Waals surface area contributed by atoms with Crippen molar-refractivity contribution in [1.82, 2.24) is 9.21 Å². The number of rotatable bonds is 4. The first kappa shape index (κ1) is 16.1. The van der Waals surface area contributed by atoms with Crippen LogP contribution in [0.3, 0.4) is 0 Å². The van der Waals surface area contributed by atoms with E-state index < -0.39 is 21.6 Å². The van der Waals surface area contributed by atoms with Gasteiger partial charge in [-0.15, -0.1) is 0 Å². The van der Waals surface area contributed by atoms with Gasteiger partial charge in [0.15, 0.2) is 0 Å². The average Bonchev–Trinajstić information content (AvgIpc) is 3.29. The van der Waals surface area contributed by atoms with E-state index in [1.54, 1.807) is 4.90 Å². The third kappa shape index (κ3) is 2.22. The van der Waals surface area contributed by atoms with Crippen molar-refractivity contribution in [3.63, 3.8) is 0 Å². The van der Waals surface area contributed by atoms with E-state index in [9.17, 15) is 18.3 Å². The monoisotopic (exact) mass is 350 g/mol. The SMILES string of the molecule is CS(=O)(=O)N1[C@H](CO)[C@H](c2ccccc2)C12CN(C(=O)C1CC1)C2. The topological polar surface area (TPSA) is 77.9 Å². The van der Waals surface area contributed by atoms with Gasteiger partial charge in [0.1, 0.15) is 0 Å². The molecule has 3 fully saturated rings. The zero-order valence-corrected chi connectivity index (χ0v) is 14.4. The number of likely N-dealkylation sites (tertiary alicyclic amines) is 1. The van der Waals surface area contributed by atoms with Crippen LogP contribution in [-0.4, -0.2) is 66.2 Å². The van der Waals surface area contributed by atoms with E-state index in [0.717, 1.165) is 18.4 Å². The molecule has 2 heterocycles. The van der Waals surface area contributed by atoms with Gasteiger partial charge in [-0.05, 0) is 18.4 Å². The Balaban J connectivity index is 1.66. The van der Waals surface area contributed by atoms with Crippen molar-refractivity contribution in [2.24, 2.45) is 5.92 Å². The van der Waals surface area contributed by atoms with Gasteiger partial charge in [0.05, 0.1) is 24.4 Å². The van der Waals surface area contributed by atoms with Crippen LogP contribution in [0.4, 0.5) is 0 Å². The van der Waals surface area contributed by atoms with Crippen molar-refractivity contribution in [2.75, 3.05) is 26.0 Å². The molecule has 2 aliphatic heterocycles. The quantitative estimate of drug-likeness (QED) is 0.853. The molecule has 2 saturated heterocycles. The second kappa shape index (κ2) is 5.28. The molecule has 3 aliphatic rings. The Morgan fingerprint density at radius 1 is 1.25 bits per heavy atom. The number of benzene rings is 1. The Morgan fingerprint density at radius 3 is 2.38 bits per heavy atom. The molecule has 2 atom stereocenters. The number of aliphatic hydroxyl groups is 1. The Bertz CT molecular complexity index is 754. The van der Waals surface area contributed by atoms with Crippen LogP contribution in [0.5, 0.6) is 0 Å². The predicted molar refractivity (Wildman–Crippen MR) is 88.8 cm³/mol. The summed E-state index contributed by atoms with van der Waals surface area (Å²) in [5, 5.41) is 9.79. The van der Waals surface area contributed by atoms with Crippen molar-refractivity contribution in [1.29, 1.82) is 0 Å². The number of hydrogen-bond donors (Lipinski definition) is 1. The highest BCUT2D eigenvalue weighted by atomic mass is 32.2. The van der Waals surface area contributed by atoms with E-state index in [0.29, 0.717) is 13.1 Å². The molecule has 130 valence electrons. The largest absolute Gasteiger partial charge is 0.395 e. The lowest BCUT2D eigenvalue weighted by Crippen LogP contribution is -2.85. The number of aliphatic hydroxyl groups excluding tert-OH is 1. The average molecular weight is 350 g/mol. The molecule has 1 saturated carbocycles. The van der Waals surface area contributed by atoms with Gasteiger partial charge in [0, 0.05) is 24.9 Å². The molecule has 24 heavy (non-hydrogen) atoms. The molecule has 0 unspecified atom stereocenters. The third-order valence-corrected chi connectivity index (χ3v) is 6.92. The number of sulfonamides is 1. The van der Waals surface area contributed by atoms with E-state index in [2.05, 4.69) is 0 Å². The van der Waals surface area contributed by atoms with Gasteiger partial charge in [0.2, 0.25) is 15.9 Å². The van der Waals surface area contributed by atoms with Gasteiger partial charge in [0.25, 0.3) is 0 Å². The second-order valence-electron chi connectivity index (χ2n) is 7.27. The number of amides is 1. The maximum atomic E-state index is 12.3. The summed E-state index contributed by atoms with van der Waals surface area (Å²) >= 11 is 0. The van der Waals surface area contributed by atoms with Crippen LogP contribution in [0.2, 0.25) is 0 Å². The van der Waals surface area contributed by atoms with Crippen molar-refractivity contribution >= 4 is 15.9 Å². The highest BCUT2D eigenvalue weighted by Gasteiger charge is 2.69. The molecule has 1 aromatic carbocycles. The van der Waals surface area contributed by atoms with E-state index >= 15 is 0 Å². The zero-order chi connectivity index (χ0) is 17.1. The first-order valence-corrected chi connectivity index (χ1v) is 10.2. The predicted octanol–water partition coefficient (Wildman–Crippen LogP) is 0.397. The lowest BCUT2D eigenvalue weighted by Gasteiger charge is -2.69. The molecule has 1 N–H and O–H groups in total. The summed E-state index contributed by atoms with van der Waals surface area (Å²) in [5.74, 6) is 0.202. The van der Waals surface area contributed by atoms with Gasteiger partial charge >= 0.3 is 0 Å². The molecule has 0 aromatic heterocycles. The van der Waals surface area contributed by atoms with Crippen LogP contribution in [0.15, 0.2) is 30.3 Å². The number of nitrogens with zero attached hydrogens (tertiary/aromatic N) is 2. The van der Waals surface area contributed by atoms with Crippen LogP contribution in [-0.2, 0) is 14.8 Å². The van der Waals surface area contributed by atoms with Gasteiger partial charge in [-0.1, -0.05) is 30.3 Å². The summed E-state index contributed by atoms with van der Waals surface area (Å²) in [4.78, 5) is 14.1. The molecule has 1 aromatic rings. The molecule has 0 bridgehead atoms. The first-order chi connectivity index (χ1) is 11.4. The molecule has 6 nitrogen and oxygen atoms in total. The normalized spacial score (nSPS) is 29.2. The Hall–Kier alpha value is -1.44. The Kier molecular flexibility index (Phi) is 3.53. The minimum atomic E-state index is -3.46.